The molecule has 0 aliphatic carbocycles. The summed E-state index contributed by atoms with van der Waals surface area (Å²) in [4.78, 5) is 3.94. The molecule has 0 radical (unpaired) electrons. The van der Waals surface area contributed by atoms with E-state index in [-0.39, 0.29) is 11.6 Å². The average Bonchev–Trinajstić information content (AvgIpc) is 2.30. The van der Waals surface area contributed by atoms with Crippen LogP contribution in [0.3, 0.4) is 0 Å². The maximum absolute atomic E-state index is 13.2. The van der Waals surface area contributed by atoms with Gasteiger partial charge in [-0.15, -0.1) is 0 Å². The number of hydrogen-bond donors (Lipinski definition) is 0. The van der Waals surface area contributed by atoms with Crippen LogP contribution in [0.15, 0.2) is 47.2 Å². The number of para-hydroxylation sites is 1. The lowest BCUT2D eigenvalue weighted by Gasteiger charge is -2.07. The van der Waals surface area contributed by atoms with Crippen molar-refractivity contribution in [1.82, 2.24) is 4.98 Å². The minimum atomic E-state index is -0.354. The Labute approximate surface area is 101 Å². The average molecular weight is 282 g/mol. The first-order valence-corrected chi connectivity index (χ1v) is 5.52. The minimum Gasteiger partial charge on any atom is -0.486 e. The highest BCUT2D eigenvalue weighted by molar-refractivity contribution is 9.10. The van der Waals surface area contributed by atoms with E-state index in [1.165, 1.54) is 6.07 Å². The van der Waals surface area contributed by atoms with Crippen LogP contribution >= 0.6 is 15.9 Å². The summed E-state index contributed by atoms with van der Waals surface area (Å²) in [6.07, 6.45) is 3.35. The molecular formula is C12H9BrFNO. The smallest absolute Gasteiger partial charge is 0.165 e. The molecule has 2 nitrogen and oxygen atoms in total. The van der Waals surface area contributed by atoms with Crippen LogP contribution in [0.4, 0.5) is 4.39 Å². The van der Waals surface area contributed by atoms with Gasteiger partial charge in [-0.2, -0.15) is 0 Å². The Morgan fingerprint density at radius 1 is 1.25 bits per heavy atom. The van der Waals surface area contributed by atoms with E-state index in [2.05, 4.69) is 20.9 Å². The third-order valence-electron chi connectivity index (χ3n) is 2.08. The molecule has 0 unspecified atom stereocenters. The number of halogens is 2. The summed E-state index contributed by atoms with van der Waals surface area (Å²) >= 11 is 3.35. The minimum absolute atomic E-state index is 0.256. The van der Waals surface area contributed by atoms with Crippen LogP contribution in [0.25, 0.3) is 0 Å². The van der Waals surface area contributed by atoms with Gasteiger partial charge in [-0.1, -0.05) is 12.1 Å². The summed E-state index contributed by atoms with van der Waals surface area (Å²) < 4.78 is 19.5. The van der Waals surface area contributed by atoms with E-state index in [1.54, 1.807) is 30.6 Å². The molecule has 0 atom stereocenters. The highest BCUT2D eigenvalue weighted by Crippen LogP contribution is 2.20. The number of nitrogens with zero attached hydrogens (tertiary/aromatic N) is 1. The van der Waals surface area contributed by atoms with E-state index in [4.69, 9.17) is 4.74 Å². The first kappa shape index (κ1) is 11.1. The molecule has 0 N–H and O–H groups in total. The highest BCUT2D eigenvalue weighted by atomic mass is 79.9. The summed E-state index contributed by atoms with van der Waals surface area (Å²) in [6.45, 7) is 0.310. The zero-order chi connectivity index (χ0) is 11.4. The van der Waals surface area contributed by atoms with Crippen molar-refractivity contribution in [2.75, 3.05) is 0 Å². The fourth-order valence-electron chi connectivity index (χ4n) is 1.24. The number of ether oxygens (including phenoxy) is 1. The van der Waals surface area contributed by atoms with Crippen molar-refractivity contribution in [2.45, 2.75) is 6.61 Å². The molecule has 0 aliphatic rings. The summed E-state index contributed by atoms with van der Waals surface area (Å²) in [5.74, 6) is -0.0982. The van der Waals surface area contributed by atoms with Crippen LogP contribution in [0.2, 0.25) is 0 Å². The topological polar surface area (TPSA) is 22.1 Å². The van der Waals surface area contributed by atoms with Gasteiger partial charge in [-0.05, 0) is 34.1 Å². The van der Waals surface area contributed by atoms with E-state index in [9.17, 15) is 4.39 Å². The summed E-state index contributed by atoms with van der Waals surface area (Å²) in [5, 5.41) is 0. The summed E-state index contributed by atoms with van der Waals surface area (Å²) in [6, 6.07) is 8.16. The van der Waals surface area contributed by atoms with Gasteiger partial charge in [-0.3, -0.25) is 4.98 Å². The normalized spacial score (nSPS) is 10.1. The van der Waals surface area contributed by atoms with Gasteiger partial charge in [0.15, 0.2) is 11.6 Å². The Kier molecular flexibility index (Phi) is 3.51. The Balaban J connectivity index is 2.09. The predicted molar refractivity (Wildman–Crippen MR) is 62.7 cm³/mol. The van der Waals surface area contributed by atoms with Crippen LogP contribution in [-0.4, -0.2) is 4.98 Å². The second-order valence-corrected chi connectivity index (χ2v) is 4.04. The molecule has 0 fully saturated rings. The van der Waals surface area contributed by atoms with Gasteiger partial charge in [0, 0.05) is 22.4 Å². The molecule has 0 amide bonds. The first-order valence-electron chi connectivity index (χ1n) is 4.73. The first-order chi connectivity index (χ1) is 7.77. The lowest BCUT2D eigenvalue weighted by Crippen LogP contribution is -1.98. The van der Waals surface area contributed by atoms with Crippen molar-refractivity contribution in [3.63, 3.8) is 0 Å². The molecule has 2 rings (SSSR count). The van der Waals surface area contributed by atoms with Crippen LogP contribution in [0, 0.1) is 5.82 Å². The van der Waals surface area contributed by atoms with Crippen molar-refractivity contribution in [1.29, 1.82) is 0 Å². The van der Waals surface area contributed by atoms with Crippen LogP contribution in [0.1, 0.15) is 5.56 Å². The fourth-order valence-corrected chi connectivity index (χ4v) is 1.60. The largest absolute Gasteiger partial charge is 0.486 e. The molecule has 16 heavy (non-hydrogen) atoms. The van der Waals surface area contributed by atoms with Crippen molar-refractivity contribution >= 4 is 15.9 Å². The van der Waals surface area contributed by atoms with Crippen molar-refractivity contribution in [3.05, 3.63) is 58.6 Å². The molecule has 0 saturated heterocycles. The van der Waals surface area contributed by atoms with Crippen molar-refractivity contribution in [2.24, 2.45) is 0 Å². The molecule has 0 saturated carbocycles. The Morgan fingerprint density at radius 2 is 2.06 bits per heavy atom. The second kappa shape index (κ2) is 5.07. The monoisotopic (exact) mass is 281 g/mol. The summed E-state index contributed by atoms with van der Waals surface area (Å²) in [7, 11) is 0. The van der Waals surface area contributed by atoms with Gasteiger partial charge in [0.2, 0.25) is 0 Å². The zero-order valence-corrected chi connectivity index (χ0v) is 9.95. The molecule has 1 aromatic carbocycles. The maximum Gasteiger partial charge on any atom is 0.165 e. The van der Waals surface area contributed by atoms with Crippen LogP contribution in [0.5, 0.6) is 5.75 Å². The number of aromatic nitrogens is 1. The van der Waals surface area contributed by atoms with Gasteiger partial charge < -0.3 is 4.74 Å². The van der Waals surface area contributed by atoms with Gasteiger partial charge in [0.05, 0.1) is 0 Å². The van der Waals surface area contributed by atoms with Crippen LogP contribution in [-0.2, 0) is 6.61 Å². The van der Waals surface area contributed by atoms with Crippen molar-refractivity contribution in [3.8, 4) is 5.75 Å². The van der Waals surface area contributed by atoms with Gasteiger partial charge in [0.1, 0.15) is 6.61 Å². The lowest BCUT2D eigenvalue weighted by atomic mass is 10.3. The molecular weight excluding hydrogens is 273 g/mol. The number of rotatable bonds is 3. The lowest BCUT2D eigenvalue weighted by molar-refractivity contribution is 0.289. The van der Waals surface area contributed by atoms with Crippen molar-refractivity contribution < 1.29 is 9.13 Å². The standard InChI is InChI=1S/C12H9BrFNO/c13-10-7-15-6-5-9(10)8-16-12-4-2-1-3-11(12)14/h1-7H,8H2. The van der Waals surface area contributed by atoms with E-state index in [0.717, 1.165) is 10.0 Å². The maximum atomic E-state index is 13.2. The Bertz CT molecular complexity index is 444. The quantitative estimate of drug-likeness (QED) is 0.858. The summed E-state index contributed by atoms with van der Waals surface area (Å²) in [5.41, 5.74) is 0.929. The number of benzene rings is 1. The van der Waals surface area contributed by atoms with E-state index in [0.29, 0.717) is 6.61 Å². The molecule has 2 aromatic rings. The van der Waals surface area contributed by atoms with E-state index >= 15 is 0 Å². The van der Waals surface area contributed by atoms with E-state index in [1.807, 2.05) is 6.07 Å². The molecule has 0 spiro atoms. The third-order valence-corrected chi connectivity index (χ3v) is 2.79. The highest BCUT2D eigenvalue weighted by Gasteiger charge is 2.03. The molecule has 1 heterocycles. The van der Waals surface area contributed by atoms with E-state index < -0.39 is 0 Å². The zero-order valence-electron chi connectivity index (χ0n) is 8.36. The van der Waals surface area contributed by atoms with Crippen LogP contribution < -0.4 is 4.74 Å². The molecule has 0 bridgehead atoms. The molecule has 4 heteroatoms. The molecule has 0 aliphatic heterocycles. The Morgan fingerprint density at radius 3 is 2.81 bits per heavy atom. The number of pyridine rings is 1. The fraction of sp³-hybridized carbons (Fsp3) is 0.0833. The third kappa shape index (κ3) is 2.58. The molecule has 82 valence electrons. The van der Waals surface area contributed by atoms with Gasteiger partial charge >= 0.3 is 0 Å². The predicted octanol–water partition coefficient (Wildman–Crippen LogP) is 3.56. The molecule has 1 aromatic heterocycles. The van der Waals surface area contributed by atoms with Gasteiger partial charge in [0.25, 0.3) is 0 Å². The van der Waals surface area contributed by atoms with Gasteiger partial charge in [-0.25, -0.2) is 4.39 Å². The number of hydrogen-bond acceptors (Lipinski definition) is 2. The SMILES string of the molecule is Fc1ccccc1OCc1ccncc1Br. The Hall–Kier alpha value is -1.42. The second-order valence-electron chi connectivity index (χ2n) is 3.19.